The Hall–Kier alpha value is -0.970. The second-order valence-electron chi connectivity index (χ2n) is 4.28. The first kappa shape index (κ1) is 9.58. The van der Waals surface area contributed by atoms with Crippen molar-refractivity contribution in [2.75, 3.05) is 0 Å². The molecule has 1 aromatic rings. The molecule has 5 heteroatoms. The van der Waals surface area contributed by atoms with Gasteiger partial charge < -0.3 is 5.32 Å². The molecule has 0 bridgehead atoms. The predicted molar refractivity (Wildman–Crippen MR) is 52.4 cm³/mol. The second kappa shape index (κ2) is 3.65. The van der Waals surface area contributed by atoms with E-state index in [2.05, 4.69) is 34.7 Å². The van der Waals surface area contributed by atoms with Gasteiger partial charge in [-0.1, -0.05) is 13.8 Å². The molecule has 0 radical (unpaired) electrons. The number of rotatable bonds is 3. The van der Waals surface area contributed by atoms with Crippen molar-refractivity contribution in [1.82, 2.24) is 25.5 Å². The van der Waals surface area contributed by atoms with Crippen LogP contribution in [0, 0.1) is 11.8 Å². The zero-order valence-corrected chi connectivity index (χ0v) is 8.94. The van der Waals surface area contributed by atoms with Gasteiger partial charge >= 0.3 is 0 Å². The first-order chi connectivity index (χ1) is 6.68. The molecule has 1 aliphatic rings. The zero-order valence-electron chi connectivity index (χ0n) is 8.94. The van der Waals surface area contributed by atoms with Gasteiger partial charge in [0.2, 0.25) is 0 Å². The van der Waals surface area contributed by atoms with Crippen LogP contribution in [0.25, 0.3) is 0 Å². The molecule has 1 N–H and O–H groups in total. The topological polar surface area (TPSA) is 55.6 Å². The lowest BCUT2D eigenvalue weighted by molar-refractivity contribution is 0.135. The van der Waals surface area contributed by atoms with E-state index in [-0.39, 0.29) is 0 Å². The van der Waals surface area contributed by atoms with Gasteiger partial charge in [-0.3, -0.25) is 0 Å². The summed E-state index contributed by atoms with van der Waals surface area (Å²) in [5.74, 6) is 2.53. The van der Waals surface area contributed by atoms with E-state index in [0.29, 0.717) is 6.04 Å². The van der Waals surface area contributed by atoms with Gasteiger partial charge in [-0.25, -0.2) is 4.68 Å². The molecule has 0 aliphatic heterocycles. The van der Waals surface area contributed by atoms with Gasteiger partial charge in [0.15, 0.2) is 5.82 Å². The summed E-state index contributed by atoms with van der Waals surface area (Å²) >= 11 is 0. The van der Waals surface area contributed by atoms with Gasteiger partial charge in [0.25, 0.3) is 0 Å². The number of nitrogens with zero attached hydrogens (tertiary/aromatic N) is 4. The molecule has 14 heavy (non-hydrogen) atoms. The fraction of sp³-hybridized carbons (Fsp3) is 0.889. The molecule has 3 atom stereocenters. The Morgan fingerprint density at radius 1 is 1.50 bits per heavy atom. The summed E-state index contributed by atoms with van der Waals surface area (Å²) in [4.78, 5) is 0. The van der Waals surface area contributed by atoms with Gasteiger partial charge in [-0.05, 0) is 28.7 Å². The maximum atomic E-state index is 3.93. The van der Waals surface area contributed by atoms with Crippen molar-refractivity contribution in [3.05, 3.63) is 5.82 Å². The Balaban J connectivity index is 1.81. The predicted octanol–water partition coefficient (Wildman–Crippen LogP) is 0.344. The molecule has 1 fully saturated rings. The Labute approximate surface area is 83.9 Å². The van der Waals surface area contributed by atoms with Crippen LogP contribution < -0.4 is 5.32 Å². The van der Waals surface area contributed by atoms with Crippen LogP contribution in [-0.4, -0.2) is 26.2 Å². The molecule has 3 unspecified atom stereocenters. The van der Waals surface area contributed by atoms with Crippen LogP contribution in [-0.2, 0) is 13.6 Å². The van der Waals surface area contributed by atoms with Crippen molar-refractivity contribution < 1.29 is 0 Å². The van der Waals surface area contributed by atoms with E-state index >= 15 is 0 Å². The third kappa shape index (κ3) is 1.64. The summed E-state index contributed by atoms with van der Waals surface area (Å²) in [6, 6.07) is 0.640. The normalized spacial score (nSPS) is 31.5. The number of nitrogens with one attached hydrogen (secondary N) is 1. The van der Waals surface area contributed by atoms with Crippen molar-refractivity contribution in [3.63, 3.8) is 0 Å². The molecule has 5 nitrogen and oxygen atoms in total. The van der Waals surface area contributed by atoms with Crippen LogP contribution in [0.1, 0.15) is 26.1 Å². The maximum Gasteiger partial charge on any atom is 0.164 e. The Kier molecular flexibility index (Phi) is 2.50. The molecular weight excluding hydrogens is 178 g/mol. The number of hydrogen-bond donors (Lipinski definition) is 1. The fourth-order valence-electron chi connectivity index (χ4n) is 1.92. The maximum absolute atomic E-state index is 3.93. The van der Waals surface area contributed by atoms with Crippen LogP contribution in [0.5, 0.6) is 0 Å². The molecule has 1 saturated carbocycles. The van der Waals surface area contributed by atoms with Crippen LogP contribution in [0.4, 0.5) is 0 Å². The van der Waals surface area contributed by atoms with E-state index in [4.69, 9.17) is 0 Å². The van der Waals surface area contributed by atoms with E-state index in [1.807, 2.05) is 7.05 Å². The smallest absolute Gasteiger partial charge is 0.164 e. The SMILES string of the molecule is CC1CC(NCc2nnnn2C)C1C. The third-order valence-electron chi connectivity index (χ3n) is 3.39. The summed E-state index contributed by atoms with van der Waals surface area (Å²) < 4.78 is 1.71. The van der Waals surface area contributed by atoms with Gasteiger partial charge in [0.1, 0.15) is 0 Å². The van der Waals surface area contributed by atoms with E-state index in [1.54, 1.807) is 4.68 Å². The Bertz CT molecular complexity index is 308. The summed E-state index contributed by atoms with van der Waals surface area (Å²) in [5.41, 5.74) is 0. The van der Waals surface area contributed by atoms with Gasteiger partial charge in [-0.15, -0.1) is 5.10 Å². The van der Waals surface area contributed by atoms with Gasteiger partial charge in [0.05, 0.1) is 6.54 Å². The standard InChI is InChI=1S/C9H17N5/c1-6-4-8(7(6)2)10-5-9-11-12-13-14(9)3/h6-8,10H,4-5H2,1-3H3. The molecule has 0 spiro atoms. The quantitative estimate of drug-likeness (QED) is 0.756. The van der Waals surface area contributed by atoms with Crippen molar-refractivity contribution in [1.29, 1.82) is 0 Å². The van der Waals surface area contributed by atoms with Crippen LogP contribution in [0.2, 0.25) is 0 Å². The van der Waals surface area contributed by atoms with Crippen molar-refractivity contribution in [2.24, 2.45) is 18.9 Å². The minimum Gasteiger partial charge on any atom is -0.307 e. The fourth-order valence-corrected chi connectivity index (χ4v) is 1.92. The van der Waals surface area contributed by atoms with E-state index in [9.17, 15) is 0 Å². The summed E-state index contributed by atoms with van der Waals surface area (Å²) in [6.45, 7) is 5.36. The zero-order chi connectivity index (χ0) is 10.1. The highest BCUT2D eigenvalue weighted by Gasteiger charge is 2.33. The Morgan fingerprint density at radius 3 is 2.79 bits per heavy atom. The number of tetrazole rings is 1. The molecule has 0 amide bonds. The van der Waals surface area contributed by atoms with E-state index in [0.717, 1.165) is 24.2 Å². The van der Waals surface area contributed by atoms with Gasteiger partial charge in [0, 0.05) is 13.1 Å². The average molecular weight is 195 g/mol. The summed E-state index contributed by atoms with van der Waals surface area (Å²) in [7, 11) is 1.86. The first-order valence-corrected chi connectivity index (χ1v) is 5.13. The van der Waals surface area contributed by atoms with Gasteiger partial charge in [-0.2, -0.15) is 0 Å². The average Bonchev–Trinajstić information content (AvgIpc) is 2.58. The molecule has 0 aromatic carbocycles. The summed E-state index contributed by atoms with van der Waals surface area (Å²) in [5, 5.41) is 14.8. The number of aromatic nitrogens is 4. The largest absolute Gasteiger partial charge is 0.307 e. The monoisotopic (exact) mass is 195 g/mol. The lowest BCUT2D eigenvalue weighted by Crippen LogP contribution is -2.47. The molecule has 0 saturated heterocycles. The molecule has 1 aliphatic carbocycles. The molecule has 78 valence electrons. The second-order valence-corrected chi connectivity index (χ2v) is 4.28. The first-order valence-electron chi connectivity index (χ1n) is 5.13. The Morgan fingerprint density at radius 2 is 2.29 bits per heavy atom. The molecule has 1 aromatic heterocycles. The van der Waals surface area contributed by atoms with E-state index in [1.165, 1.54) is 6.42 Å². The van der Waals surface area contributed by atoms with Crippen molar-refractivity contribution in [3.8, 4) is 0 Å². The highest BCUT2D eigenvalue weighted by Crippen LogP contribution is 2.33. The molecule has 1 heterocycles. The lowest BCUT2D eigenvalue weighted by atomic mass is 9.71. The van der Waals surface area contributed by atoms with Crippen LogP contribution in [0.15, 0.2) is 0 Å². The third-order valence-corrected chi connectivity index (χ3v) is 3.39. The summed E-state index contributed by atoms with van der Waals surface area (Å²) in [6.07, 6.45) is 1.27. The molecule has 2 rings (SSSR count). The molecular formula is C9H17N5. The van der Waals surface area contributed by atoms with Crippen molar-refractivity contribution >= 4 is 0 Å². The van der Waals surface area contributed by atoms with Crippen molar-refractivity contribution in [2.45, 2.75) is 32.9 Å². The van der Waals surface area contributed by atoms with Crippen LogP contribution in [0.3, 0.4) is 0 Å². The minimum absolute atomic E-state index is 0.640. The highest BCUT2D eigenvalue weighted by molar-refractivity contribution is 4.91. The highest BCUT2D eigenvalue weighted by atomic mass is 15.5. The van der Waals surface area contributed by atoms with Crippen LogP contribution >= 0.6 is 0 Å². The number of aryl methyl sites for hydroxylation is 1. The van der Waals surface area contributed by atoms with E-state index < -0.39 is 0 Å². The number of hydrogen-bond acceptors (Lipinski definition) is 4. The lowest BCUT2D eigenvalue weighted by Gasteiger charge is -2.41. The minimum atomic E-state index is 0.640.